The molecule has 0 spiro atoms. The Morgan fingerprint density at radius 3 is 3.00 bits per heavy atom. The van der Waals surface area contributed by atoms with Crippen LogP contribution in [0.1, 0.15) is 17.5 Å². The van der Waals surface area contributed by atoms with E-state index in [-0.39, 0.29) is 6.09 Å². The highest BCUT2D eigenvalue weighted by molar-refractivity contribution is 7.09. The standard InChI is InChI=1S/C10H17N3O2S/c1-3-15-10(14)12-5-4-11-6-9-8(2)13-7-16-9/h7,11H,3-6H2,1-2H3,(H,12,14). The number of rotatable bonds is 6. The second-order valence-electron chi connectivity index (χ2n) is 3.18. The highest BCUT2D eigenvalue weighted by Crippen LogP contribution is 2.10. The molecule has 16 heavy (non-hydrogen) atoms. The lowest BCUT2D eigenvalue weighted by atomic mass is 10.4. The zero-order valence-corrected chi connectivity index (χ0v) is 10.4. The van der Waals surface area contributed by atoms with Gasteiger partial charge in [0.05, 0.1) is 17.8 Å². The summed E-state index contributed by atoms with van der Waals surface area (Å²) >= 11 is 1.64. The molecule has 0 fully saturated rings. The number of hydrogen-bond acceptors (Lipinski definition) is 5. The van der Waals surface area contributed by atoms with Crippen molar-refractivity contribution in [2.45, 2.75) is 20.4 Å². The zero-order valence-electron chi connectivity index (χ0n) is 9.58. The zero-order chi connectivity index (χ0) is 11.8. The van der Waals surface area contributed by atoms with Crippen LogP contribution in [-0.4, -0.2) is 30.8 Å². The molecule has 0 radical (unpaired) electrons. The SMILES string of the molecule is CCOC(=O)NCCNCc1scnc1C. The number of nitrogens with zero attached hydrogens (tertiary/aromatic N) is 1. The Balaban J connectivity index is 2.04. The molecule has 0 aromatic carbocycles. The van der Waals surface area contributed by atoms with Gasteiger partial charge in [0.2, 0.25) is 0 Å². The molecular formula is C10H17N3O2S. The van der Waals surface area contributed by atoms with E-state index in [0.717, 1.165) is 18.8 Å². The molecule has 0 aliphatic heterocycles. The highest BCUT2D eigenvalue weighted by Gasteiger charge is 2.01. The third kappa shape index (κ3) is 4.59. The Morgan fingerprint density at radius 2 is 2.38 bits per heavy atom. The van der Waals surface area contributed by atoms with Crippen LogP contribution in [0.4, 0.5) is 4.79 Å². The van der Waals surface area contributed by atoms with Gasteiger partial charge >= 0.3 is 6.09 Å². The molecule has 1 aromatic rings. The lowest BCUT2D eigenvalue weighted by Crippen LogP contribution is -2.32. The third-order valence-corrected chi connectivity index (χ3v) is 2.91. The number of carbonyl (C=O) groups excluding carboxylic acids is 1. The highest BCUT2D eigenvalue weighted by atomic mass is 32.1. The summed E-state index contributed by atoms with van der Waals surface area (Å²) < 4.78 is 4.73. The van der Waals surface area contributed by atoms with Crippen molar-refractivity contribution in [3.05, 3.63) is 16.1 Å². The molecule has 5 nitrogen and oxygen atoms in total. The van der Waals surface area contributed by atoms with E-state index in [2.05, 4.69) is 15.6 Å². The minimum absolute atomic E-state index is 0.363. The summed E-state index contributed by atoms with van der Waals surface area (Å²) in [5.74, 6) is 0. The first-order valence-corrected chi connectivity index (χ1v) is 6.12. The van der Waals surface area contributed by atoms with Gasteiger partial charge in [-0.25, -0.2) is 9.78 Å². The van der Waals surface area contributed by atoms with Crippen LogP contribution >= 0.6 is 11.3 Å². The quantitative estimate of drug-likeness (QED) is 0.739. The van der Waals surface area contributed by atoms with Gasteiger partial charge in [-0.1, -0.05) is 0 Å². The number of aromatic nitrogens is 1. The van der Waals surface area contributed by atoms with E-state index in [9.17, 15) is 4.79 Å². The number of thiazole rings is 1. The fourth-order valence-electron chi connectivity index (χ4n) is 1.13. The van der Waals surface area contributed by atoms with Gasteiger partial charge in [-0.2, -0.15) is 0 Å². The molecule has 0 atom stereocenters. The van der Waals surface area contributed by atoms with E-state index in [1.165, 1.54) is 4.88 Å². The molecule has 0 aliphatic carbocycles. The number of aryl methyl sites for hydroxylation is 1. The van der Waals surface area contributed by atoms with Crippen molar-refractivity contribution in [2.24, 2.45) is 0 Å². The molecule has 0 bridgehead atoms. The molecule has 1 rings (SSSR count). The summed E-state index contributed by atoms with van der Waals surface area (Å²) in [6.07, 6.45) is -0.363. The van der Waals surface area contributed by atoms with Gasteiger partial charge in [0, 0.05) is 24.5 Å². The summed E-state index contributed by atoms with van der Waals surface area (Å²) in [5, 5.41) is 5.87. The Morgan fingerprint density at radius 1 is 1.56 bits per heavy atom. The first-order chi connectivity index (χ1) is 7.74. The molecular weight excluding hydrogens is 226 g/mol. The minimum Gasteiger partial charge on any atom is -0.450 e. The maximum Gasteiger partial charge on any atom is 0.407 e. The van der Waals surface area contributed by atoms with Crippen LogP contribution in [0.15, 0.2) is 5.51 Å². The van der Waals surface area contributed by atoms with E-state index in [1.54, 1.807) is 18.3 Å². The van der Waals surface area contributed by atoms with Gasteiger partial charge in [0.25, 0.3) is 0 Å². The minimum atomic E-state index is -0.363. The fourth-order valence-corrected chi connectivity index (χ4v) is 1.88. The molecule has 0 aliphatic rings. The summed E-state index contributed by atoms with van der Waals surface area (Å²) in [6.45, 7) is 6.25. The van der Waals surface area contributed by atoms with Gasteiger partial charge in [-0.3, -0.25) is 0 Å². The topological polar surface area (TPSA) is 63.2 Å². The van der Waals surface area contributed by atoms with Crippen LogP contribution in [-0.2, 0) is 11.3 Å². The number of nitrogens with one attached hydrogen (secondary N) is 2. The van der Waals surface area contributed by atoms with Crippen molar-refractivity contribution in [3.8, 4) is 0 Å². The molecule has 0 saturated carbocycles. The second-order valence-corrected chi connectivity index (χ2v) is 4.12. The number of hydrogen-bond donors (Lipinski definition) is 2. The Hall–Kier alpha value is -1.14. The summed E-state index contributed by atoms with van der Waals surface area (Å²) in [4.78, 5) is 16.3. The molecule has 6 heteroatoms. The maximum absolute atomic E-state index is 10.9. The third-order valence-electron chi connectivity index (χ3n) is 1.98. The largest absolute Gasteiger partial charge is 0.450 e. The van der Waals surface area contributed by atoms with Crippen molar-refractivity contribution in [3.63, 3.8) is 0 Å². The monoisotopic (exact) mass is 243 g/mol. The predicted molar refractivity (Wildman–Crippen MR) is 63.6 cm³/mol. The normalized spacial score (nSPS) is 10.1. The summed E-state index contributed by atoms with van der Waals surface area (Å²) in [5.41, 5.74) is 2.90. The van der Waals surface area contributed by atoms with Crippen LogP contribution in [0.3, 0.4) is 0 Å². The number of ether oxygens (including phenoxy) is 1. The van der Waals surface area contributed by atoms with Crippen LogP contribution in [0.2, 0.25) is 0 Å². The Kier molecular flexibility index (Phi) is 5.81. The lowest BCUT2D eigenvalue weighted by Gasteiger charge is -2.06. The van der Waals surface area contributed by atoms with Crippen LogP contribution in [0.25, 0.3) is 0 Å². The van der Waals surface area contributed by atoms with Gasteiger partial charge in [0.15, 0.2) is 0 Å². The molecule has 1 aromatic heterocycles. The summed E-state index contributed by atoms with van der Waals surface area (Å²) in [6, 6.07) is 0. The smallest absolute Gasteiger partial charge is 0.407 e. The average Bonchev–Trinajstić information content (AvgIpc) is 2.64. The van der Waals surface area contributed by atoms with Crippen molar-refractivity contribution < 1.29 is 9.53 Å². The second kappa shape index (κ2) is 7.19. The molecule has 90 valence electrons. The molecule has 0 saturated heterocycles. The first kappa shape index (κ1) is 12.9. The lowest BCUT2D eigenvalue weighted by molar-refractivity contribution is 0.152. The van der Waals surface area contributed by atoms with E-state index >= 15 is 0 Å². The fraction of sp³-hybridized carbons (Fsp3) is 0.600. The Bertz CT molecular complexity index is 328. The maximum atomic E-state index is 10.9. The summed E-state index contributed by atoms with van der Waals surface area (Å²) in [7, 11) is 0. The molecule has 1 heterocycles. The Labute approximate surface area is 99.2 Å². The van der Waals surface area contributed by atoms with Crippen molar-refractivity contribution >= 4 is 17.4 Å². The number of carbonyl (C=O) groups is 1. The van der Waals surface area contributed by atoms with Gasteiger partial charge in [-0.15, -0.1) is 11.3 Å². The van der Waals surface area contributed by atoms with Crippen molar-refractivity contribution in [1.29, 1.82) is 0 Å². The van der Waals surface area contributed by atoms with Crippen LogP contribution < -0.4 is 10.6 Å². The van der Waals surface area contributed by atoms with Crippen LogP contribution in [0, 0.1) is 6.92 Å². The molecule has 1 amide bonds. The van der Waals surface area contributed by atoms with E-state index in [0.29, 0.717) is 13.2 Å². The van der Waals surface area contributed by atoms with E-state index < -0.39 is 0 Å². The first-order valence-electron chi connectivity index (χ1n) is 5.24. The van der Waals surface area contributed by atoms with Crippen molar-refractivity contribution in [2.75, 3.05) is 19.7 Å². The van der Waals surface area contributed by atoms with E-state index in [1.807, 2.05) is 12.4 Å². The van der Waals surface area contributed by atoms with Crippen molar-refractivity contribution in [1.82, 2.24) is 15.6 Å². The van der Waals surface area contributed by atoms with Crippen LogP contribution in [0.5, 0.6) is 0 Å². The molecule has 0 unspecified atom stereocenters. The average molecular weight is 243 g/mol. The van der Waals surface area contributed by atoms with E-state index in [4.69, 9.17) is 4.74 Å². The van der Waals surface area contributed by atoms with Gasteiger partial charge in [0.1, 0.15) is 0 Å². The molecule has 2 N–H and O–H groups in total. The predicted octanol–water partition coefficient (Wildman–Crippen LogP) is 1.29. The van der Waals surface area contributed by atoms with Gasteiger partial charge < -0.3 is 15.4 Å². The van der Waals surface area contributed by atoms with Gasteiger partial charge in [-0.05, 0) is 13.8 Å². The number of amides is 1. The number of alkyl carbamates (subject to hydrolysis) is 1.